The van der Waals surface area contributed by atoms with Gasteiger partial charge in [0.05, 0.1) is 18.1 Å². The van der Waals surface area contributed by atoms with Gasteiger partial charge in [0.15, 0.2) is 0 Å². The fraction of sp³-hybridized carbons (Fsp3) is 0.353. The molecule has 2 aromatic rings. The van der Waals surface area contributed by atoms with Crippen LogP contribution in [0.5, 0.6) is 0 Å². The summed E-state index contributed by atoms with van der Waals surface area (Å²) in [5.74, 6) is 0.367. The Kier molecular flexibility index (Phi) is 4.61. The Balaban J connectivity index is 1.82. The summed E-state index contributed by atoms with van der Waals surface area (Å²) >= 11 is 0. The first-order valence-corrected chi connectivity index (χ1v) is 7.97. The molecule has 24 heavy (non-hydrogen) atoms. The van der Waals surface area contributed by atoms with Crippen LogP contribution in [0.2, 0.25) is 0 Å². The van der Waals surface area contributed by atoms with E-state index in [-0.39, 0.29) is 5.91 Å². The number of carbonyl (C=O) groups excluding carboxylic acids is 1. The number of amides is 1. The number of benzene rings is 1. The average Bonchev–Trinajstić information content (AvgIpc) is 2.91. The maximum atomic E-state index is 12.8. The lowest BCUT2D eigenvalue weighted by molar-refractivity contribution is 0.0664. The molecule has 0 bridgehead atoms. The van der Waals surface area contributed by atoms with E-state index < -0.39 is 0 Å². The van der Waals surface area contributed by atoms with Gasteiger partial charge in [0.2, 0.25) is 5.95 Å². The molecule has 1 aliphatic heterocycles. The number of rotatable bonds is 3. The van der Waals surface area contributed by atoms with Crippen LogP contribution in [0.3, 0.4) is 0 Å². The summed E-state index contributed by atoms with van der Waals surface area (Å²) in [6, 6.07) is 7.48. The first kappa shape index (κ1) is 16.2. The van der Waals surface area contributed by atoms with E-state index in [1.165, 1.54) is 4.68 Å². The molecule has 1 saturated heterocycles. The molecule has 0 aliphatic carbocycles. The highest BCUT2D eigenvalue weighted by Crippen LogP contribution is 2.13. The summed E-state index contributed by atoms with van der Waals surface area (Å²) in [5, 5.41) is 4.32. The van der Waals surface area contributed by atoms with Gasteiger partial charge in [-0.1, -0.05) is 18.2 Å². The standard InChI is InChI=1S/C17H22N6O/c1-13-12-23(17(18)20-13)19-11-14-5-3-4-6-15(14)16(24)22-9-7-21(2)8-10-22/h3-6,11-12H,7-10H2,1-2H3,(H2,18,20). The number of aryl methyl sites for hydroxylation is 1. The first-order chi connectivity index (χ1) is 11.5. The van der Waals surface area contributed by atoms with E-state index in [1.807, 2.05) is 36.1 Å². The number of imidazole rings is 1. The zero-order valence-electron chi connectivity index (χ0n) is 14.0. The predicted molar refractivity (Wildman–Crippen MR) is 94.2 cm³/mol. The van der Waals surface area contributed by atoms with E-state index in [0.29, 0.717) is 11.5 Å². The second-order valence-electron chi connectivity index (χ2n) is 6.01. The van der Waals surface area contributed by atoms with Crippen molar-refractivity contribution in [2.24, 2.45) is 5.10 Å². The van der Waals surface area contributed by atoms with E-state index in [1.54, 1.807) is 12.4 Å². The number of hydrogen-bond acceptors (Lipinski definition) is 5. The van der Waals surface area contributed by atoms with Gasteiger partial charge in [-0.05, 0) is 20.0 Å². The molecule has 0 atom stereocenters. The Morgan fingerprint density at radius 2 is 1.96 bits per heavy atom. The molecule has 0 radical (unpaired) electrons. The van der Waals surface area contributed by atoms with Gasteiger partial charge in [-0.3, -0.25) is 4.79 Å². The number of hydrogen-bond donors (Lipinski definition) is 1. The summed E-state index contributed by atoms with van der Waals surface area (Å²) in [4.78, 5) is 21.0. The molecule has 0 unspecified atom stereocenters. The molecule has 0 spiro atoms. The lowest BCUT2D eigenvalue weighted by Crippen LogP contribution is -2.47. The topological polar surface area (TPSA) is 79.8 Å². The average molecular weight is 326 g/mol. The van der Waals surface area contributed by atoms with Gasteiger partial charge in [0, 0.05) is 37.3 Å². The molecule has 7 nitrogen and oxygen atoms in total. The van der Waals surface area contributed by atoms with E-state index in [2.05, 4.69) is 22.0 Å². The molecule has 1 aromatic carbocycles. The lowest BCUT2D eigenvalue weighted by Gasteiger charge is -2.32. The van der Waals surface area contributed by atoms with Crippen molar-refractivity contribution >= 4 is 18.1 Å². The van der Waals surface area contributed by atoms with Crippen LogP contribution in [0, 0.1) is 6.92 Å². The van der Waals surface area contributed by atoms with Crippen molar-refractivity contribution in [3.63, 3.8) is 0 Å². The van der Waals surface area contributed by atoms with Crippen LogP contribution in [-0.4, -0.2) is 64.8 Å². The zero-order valence-corrected chi connectivity index (χ0v) is 14.0. The van der Waals surface area contributed by atoms with Crippen LogP contribution in [0.4, 0.5) is 5.95 Å². The zero-order chi connectivity index (χ0) is 17.1. The third-order valence-corrected chi connectivity index (χ3v) is 4.14. The van der Waals surface area contributed by atoms with Gasteiger partial charge in [0.1, 0.15) is 0 Å². The van der Waals surface area contributed by atoms with E-state index in [4.69, 9.17) is 5.73 Å². The molecule has 1 amide bonds. The fourth-order valence-corrected chi connectivity index (χ4v) is 2.71. The molecular formula is C17H22N6O. The predicted octanol–water partition coefficient (Wildman–Crippen LogP) is 1.04. The molecule has 1 aliphatic rings. The van der Waals surface area contributed by atoms with Crippen LogP contribution >= 0.6 is 0 Å². The Morgan fingerprint density at radius 3 is 2.62 bits per heavy atom. The minimum atomic E-state index is 0.0416. The Labute approximate surface area is 141 Å². The number of nitrogens with two attached hydrogens (primary N) is 1. The lowest BCUT2D eigenvalue weighted by atomic mass is 10.1. The highest BCUT2D eigenvalue weighted by molar-refractivity contribution is 6.02. The van der Waals surface area contributed by atoms with Crippen LogP contribution in [0.25, 0.3) is 0 Å². The third-order valence-electron chi connectivity index (χ3n) is 4.14. The minimum absolute atomic E-state index is 0.0416. The number of nitrogen functional groups attached to an aromatic ring is 1. The molecule has 126 valence electrons. The quantitative estimate of drug-likeness (QED) is 0.855. The van der Waals surface area contributed by atoms with Gasteiger partial charge in [-0.2, -0.15) is 5.10 Å². The number of piperazine rings is 1. The molecule has 2 heterocycles. The van der Waals surface area contributed by atoms with Crippen molar-refractivity contribution in [1.29, 1.82) is 0 Å². The van der Waals surface area contributed by atoms with Crippen LogP contribution in [0.15, 0.2) is 35.6 Å². The second-order valence-corrected chi connectivity index (χ2v) is 6.01. The number of nitrogens with zero attached hydrogens (tertiary/aromatic N) is 5. The number of likely N-dealkylation sites (N-methyl/N-ethyl adjacent to an activating group) is 1. The molecule has 3 rings (SSSR count). The van der Waals surface area contributed by atoms with Gasteiger partial charge in [-0.25, -0.2) is 9.66 Å². The molecule has 0 saturated carbocycles. The van der Waals surface area contributed by atoms with Crippen LogP contribution in [0.1, 0.15) is 21.6 Å². The maximum absolute atomic E-state index is 12.8. The van der Waals surface area contributed by atoms with Gasteiger partial charge in [-0.15, -0.1) is 0 Å². The van der Waals surface area contributed by atoms with E-state index in [0.717, 1.165) is 37.4 Å². The van der Waals surface area contributed by atoms with Crippen molar-refractivity contribution in [3.05, 3.63) is 47.3 Å². The van der Waals surface area contributed by atoms with Gasteiger partial charge in [0.25, 0.3) is 5.91 Å². The fourth-order valence-electron chi connectivity index (χ4n) is 2.71. The molecule has 1 fully saturated rings. The highest BCUT2D eigenvalue weighted by atomic mass is 16.2. The second kappa shape index (κ2) is 6.84. The summed E-state index contributed by atoms with van der Waals surface area (Å²) < 4.78 is 1.51. The Hall–Kier alpha value is -2.67. The number of aromatic nitrogens is 2. The summed E-state index contributed by atoms with van der Waals surface area (Å²) in [5.41, 5.74) is 8.01. The van der Waals surface area contributed by atoms with Crippen LogP contribution < -0.4 is 5.73 Å². The summed E-state index contributed by atoms with van der Waals surface area (Å²) in [6.07, 6.45) is 3.40. The summed E-state index contributed by atoms with van der Waals surface area (Å²) in [6.45, 7) is 5.13. The molecular weight excluding hydrogens is 304 g/mol. The third kappa shape index (κ3) is 3.46. The largest absolute Gasteiger partial charge is 0.368 e. The summed E-state index contributed by atoms with van der Waals surface area (Å²) in [7, 11) is 2.07. The van der Waals surface area contributed by atoms with Crippen molar-refractivity contribution in [1.82, 2.24) is 19.5 Å². The van der Waals surface area contributed by atoms with E-state index >= 15 is 0 Å². The number of carbonyl (C=O) groups is 1. The molecule has 2 N–H and O–H groups in total. The van der Waals surface area contributed by atoms with Gasteiger partial charge < -0.3 is 15.5 Å². The minimum Gasteiger partial charge on any atom is -0.368 e. The van der Waals surface area contributed by atoms with Crippen molar-refractivity contribution in [2.45, 2.75) is 6.92 Å². The highest BCUT2D eigenvalue weighted by Gasteiger charge is 2.21. The van der Waals surface area contributed by atoms with Gasteiger partial charge >= 0.3 is 0 Å². The van der Waals surface area contributed by atoms with Crippen LogP contribution in [-0.2, 0) is 0 Å². The Bertz CT molecular complexity index is 758. The smallest absolute Gasteiger partial charge is 0.254 e. The first-order valence-electron chi connectivity index (χ1n) is 7.97. The SMILES string of the molecule is Cc1cn(N=Cc2ccccc2C(=O)N2CCN(C)CC2)c(N)n1. The molecule has 1 aromatic heterocycles. The normalized spacial score (nSPS) is 16.0. The van der Waals surface area contributed by atoms with Crippen molar-refractivity contribution in [3.8, 4) is 0 Å². The Morgan fingerprint density at radius 1 is 1.25 bits per heavy atom. The number of anilines is 1. The van der Waals surface area contributed by atoms with E-state index in [9.17, 15) is 4.79 Å². The monoisotopic (exact) mass is 326 g/mol. The molecule has 7 heteroatoms. The van der Waals surface area contributed by atoms with Crippen molar-refractivity contribution < 1.29 is 4.79 Å². The van der Waals surface area contributed by atoms with Crippen molar-refractivity contribution in [2.75, 3.05) is 39.0 Å². The maximum Gasteiger partial charge on any atom is 0.254 e.